The van der Waals surface area contributed by atoms with Crippen molar-refractivity contribution < 1.29 is 14.6 Å². The van der Waals surface area contributed by atoms with Crippen molar-refractivity contribution in [3.05, 3.63) is 29.8 Å². The first-order valence-electron chi connectivity index (χ1n) is 15.6. The second-order valence-corrected chi connectivity index (χ2v) is 10.9. The second-order valence-electron chi connectivity index (χ2n) is 10.9. The van der Waals surface area contributed by atoms with Gasteiger partial charge in [-0.15, -0.1) is 0 Å². The minimum Gasteiger partial charge on any atom is -0.427 e. The third-order valence-corrected chi connectivity index (χ3v) is 7.28. The predicted molar refractivity (Wildman–Crippen MR) is 155 cm³/mol. The zero-order valence-electron chi connectivity index (χ0n) is 23.9. The van der Waals surface area contributed by atoms with Gasteiger partial charge in [0.25, 0.3) is 0 Å². The molecule has 3 heteroatoms. The van der Waals surface area contributed by atoms with E-state index in [0.717, 1.165) is 51.4 Å². The lowest BCUT2D eigenvalue weighted by molar-refractivity contribution is -0.134. The number of ether oxygens (including phenoxy) is 1. The lowest BCUT2D eigenvalue weighted by atomic mass is 10.0. The average molecular weight is 503 g/mol. The van der Waals surface area contributed by atoms with E-state index in [-0.39, 0.29) is 12.1 Å². The summed E-state index contributed by atoms with van der Waals surface area (Å²) in [6.45, 7) is 4.52. The molecule has 36 heavy (non-hydrogen) atoms. The Balaban J connectivity index is 1.97. The molecule has 0 spiro atoms. The Bertz CT molecular complexity index is 610. The minimum atomic E-state index is -0.149. The van der Waals surface area contributed by atoms with Crippen molar-refractivity contribution in [1.82, 2.24) is 0 Å². The Morgan fingerprint density at radius 3 is 1.61 bits per heavy atom. The third-order valence-electron chi connectivity index (χ3n) is 7.28. The molecular weight excluding hydrogens is 444 g/mol. The minimum absolute atomic E-state index is 0.135. The Morgan fingerprint density at radius 2 is 1.08 bits per heavy atom. The van der Waals surface area contributed by atoms with Crippen molar-refractivity contribution in [2.24, 2.45) is 0 Å². The first-order chi connectivity index (χ1) is 17.7. The van der Waals surface area contributed by atoms with Crippen LogP contribution in [0.4, 0.5) is 0 Å². The van der Waals surface area contributed by atoms with Gasteiger partial charge in [-0.25, -0.2) is 0 Å². The van der Waals surface area contributed by atoms with Crippen LogP contribution in [0.1, 0.15) is 161 Å². The van der Waals surface area contributed by atoms with Crippen molar-refractivity contribution in [3.8, 4) is 5.75 Å². The van der Waals surface area contributed by atoms with Gasteiger partial charge in [0.2, 0.25) is 0 Å². The smallest absolute Gasteiger partial charge is 0.311 e. The summed E-state index contributed by atoms with van der Waals surface area (Å²) in [5.41, 5.74) is 1.33. The highest BCUT2D eigenvalue weighted by atomic mass is 16.5. The Hall–Kier alpha value is -1.35. The van der Waals surface area contributed by atoms with Crippen LogP contribution < -0.4 is 4.74 Å². The molecule has 1 aromatic rings. The molecule has 3 nitrogen and oxygen atoms in total. The molecule has 0 aliphatic rings. The maximum atomic E-state index is 12.1. The molecule has 0 aliphatic carbocycles. The molecule has 0 amide bonds. The number of carbonyl (C=O) groups is 1. The SMILES string of the molecule is CCCCCCCCCCC(O)CCCCCCC(=O)Oc1ccc(CCCCCCCCC)cc1. The number of esters is 1. The van der Waals surface area contributed by atoms with E-state index in [1.807, 2.05) is 12.1 Å². The molecule has 0 aliphatic heterocycles. The van der Waals surface area contributed by atoms with Crippen LogP contribution in [0, 0.1) is 0 Å². The number of aliphatic hydroxyl groups excluding tert-OH is 1. The van der Waals surface area contributed by atoms with Gasteiger partial charge in [0.1, 0.15) is 5.75 Å². The lowest BCUT2D eigenvalue weighted by Gasteiger charge is -2.10. The second kappa shape index (κ2) is 24.0. The zero-order chi connectivity index (χ0) is 26.1. The number of hydrogen-bond donors (Lipinski definition) is 1. The number of aliphatic hydroxyl groups is 1. The molecule has 1 N–H and O–H groups in total. The third kappa shape index (κ3) is 19.8. The number of benzene rings is 1. The monoisotopic (exact) mass is 502 g/mol. The summed E-state index contributed by atoms with van der Waals surface area (Å²) in [6.07, 6.45) is 27.1. The first-order valence-corrected chi connectivity index (χ1v) is 15.6. The summed E-state index contributed by atoms with van der Waals surface area (Å²) < 4.78 is 5.51. The van der Waals surface area contributed by atoms with Crippen molar-refractivity contribution >= 4 is 5.97 Å². The van der Waals surface area contributed by atoms with Crippen molar-refractivity contribution in [1.29, 1.82) is 0 Å². The largest absolute Gasteiger partial charge is 0.427 e. The van der Waals surface area contributed by atoms with Gasteiger partial charge in [-0.1, -0.05) is 135 Å². The fraction of sp³-hybridized carbons (Fsp3) is 0.788. The fourth-order valence-corrected chi connectivity index (χ4v) is 4.85. The maximum Gasteiger partial charge on any atom is 0.311 e. The Labute approximate surface area is 223 Å². The lowest BCUT2D eigenvalue weighted by Crippen LogP contribution is -2.08. The number of aryl methyl sites for hydroxylation is 1. The van der Waals surface area contributed by atoms with Gasteiger partial charge in [0.15, 0.2) is 0 Å². The van der Waals surface area contributed by atoms with Gasteiger partial charge < -0.3 is 9.84 Å². The van der Waals surface area contributed by atoms with Crippen LogP contribution in [0.2, 0.25) is 0 Å². The molecule has 0 fully saturated rings. The first kappa shape index (κ1) is 32.7. The molecule has 0 saturated heterocycles. The molecule has 0 heterocycles. The van der Waals surface area contributed by atoms with E-state index >= 15 is 0 Å². The molecule has 1 unspecified atom stereocenters. The van der Waals surface area contributed by atoms with Crippen molar-refractivity contribution in [3.63, 3.8) is 0 Å². The van der Waals surface area contributed by atoms with Crippen molar-refractivity contribution in [2.75, 3.05) is 0 Å². The summed E-state index contributed by atoms with van der Waals surface area (Å²) in [4.78, 5) is 12.1. The highest BCUT2D eigenvalue weighted by molar-refractivity contribution is 5.72. The van der Waals surface area contributed by atoms with Gasteiger partial charge in [0.05, 0.1) is 6.10 Å². The molecule has 1 rings (SSSR count). The van der Waals surface area contributed by atoms with E-state index in [9.17, 15) is 9.90 Å². The van der Waals surface area contributed by atoms with Gasteiger partial charge in [-0.05, 0) is 49.8 Å². The highest BCUT2D eigenvalue weighted by Gasteiger charge is 2.07. The summed E-state index contributed by atoms with van der Waals surface area (Å²) in [7, 11) is 0. The topological polar surface area (TPSA) is 46.5 Å². The van der Waals surface area contributed by atoms with Gasteiger partial charge in [-0.3, -0.25) is 4.79 Å². The van der Waals surface area contributed by atoms with Crippen molar-refractivity contribution in [2.45, 2.75) is 168 Å². The molecule has 0 bridgehead atoms. The predicted octanol–water partition coefficient (Wildman–Crippen LogP) is 10.1. The molecule has 208 valence electrons. The van der Waals surface area contributed by atoms with Crippen LogP contribution in [0.15, 0.2) is 24.3 Å². The maximum absolute atomic E-state index is 12.1. The molecule has 1 aromatic carbocycles. The van der Waals surface area contributed by atoms with E-state index in [1.165, 1.54) is 95.5 Å². The average Bonchev–Trinajstić information content (AvgIpc) is 2.88. The normalized spacial score (nSPS) is 12.1. The van der Waals surface area contributed by atoms with E-state index in [4.69, 9.17) is 4.74 Å². The highest BCUT2D eigenvalue weighted by Crippen LogP contribution is 2.17. The van der Waals surface area contributed by atoms with Crippen LogP contribution in [-0.2, 0) is 11.2 Å². The molecule has 1 atom stereocenters. The van der Waals surface area contributed by atoms with E-state index in [0.29, 0.717) is 12.2 Å². The fourth-order valence-electron chi connectivity index (χ4n) is 4.85. The molecule has 0 saturated carbocycles. The van der Waals surface area contributed by atoms with Crippen LogP contribution in [-0.4, -0.2) is 17.2 Å². The van der Waals surface area contributed by atoms with E-state index in [2.05, 4.69) is 26.0 Å². The number of hydrogen-bond acceptors (Lipinski definition) is 3. The zero-order valence-corrected chi connectivity index (χ0v) is 23.9. The number of rotatable bonds is 25. The molecule has 0 radical (unpaired) electrons. The quantitative estimate of drug-likeness (QED) is 0.0821. The summed E-state index contributed by atoms with van der Waals surface area (Å²) in [5, 5.41) is 10.2. The molecule has 0 aromatic heterocycles. The van der Waals surface area contributed by atoms with E-state index < -0.39 is 0 Å². The number of carbonyl (C=O) groups excluding carboxylic acids is 1. The summed E-state index contributed by atoms with van der Waals surface area (Å²) >= 11 is 0. The van der Waals surface area contributed by atoms with Gasteiger partial charge in [0, 0.05) is 6.42 Å². The molecular formula is C33H58O3. The van der Waals surface area contributed by atoms with Crippen LogP contribution >= 0.6 is 0 Å². The summed E-state index contributed by atoms with van der Waals surface area (Å²) in [6, 6.07) is 8.06. The van der Waals surface area contributed by atoms with Crippen LogP contribution in [0.5, 0.6) is 5.75 Å². The summed E-state index contributed by atoms with van der Waals surface area (Å²) in [5.74, 6) is 0.525. The number of unbranched alkanes of at least 4 members (excludes halogenated alkanes) is 16. The standard InChI is InChI=1S/C33H58O3/c1-3-5-7-9-11-13-15-19-23-31(34)24-20-16-17-21-25-33(35)36-32-28-26-30(27-29-32)22-18-14-12-10-8-6-4-2/h26-29,31,34H,3-25H2,1-2H3. The van der Waals surface area contributed by atoms with Crippen LogP contribution in [0.25, 0.3) is 0 Å². The van der Waals surface area contributed by atoms with Crippen LogP contribution in [0.3, 0.4) is 0 Å². The Morgan fingerprint density at radius 1 is 0.639 bits per heavy atom. The van der Waals surface area contributed by atoms with Gasteiger partial charge >= 0.3 is 5.97 Å². The Kier molecular flexibility index (Phi) is 21.8. The van der Waals surface area contributed by atoms with Gasteiger partial charge in [-0.2, -0.15) is 0 Å². The van der Waals surface area contributed by atoms with E-state index in [1.54, 1.807) is 0 Å².